The van der Waals surface area contributed by atoms with Crippen LogP contribution in [-0.4, -0.2) is 46.1 Å². The Kier molecular flexibility index (Phi) is 9.00. The molecule has 0 aliphatic rings. The van der Waals surface area contributed by atoms with Crippen LogP contribution in [0, 0.1) is 17.0 Å². The van der Waals surface area contributed by atoms with Crippen LogP contribution in [0.3, 0.4) is 0 Å². The van der Waals surface area contributed by atoms with Crippen LogP contribution < -0.4 is 5.32 Å². The number of aliphatic carboxylic acids is 1. The van der Waals surface area contributed by atoms with E-state index in [1.165, 1.54) is 67.6 Å². The minimum Gasteiger partial charge on any atom is -0.478 e. The summed E-state index contributed by atoms with van der Waals surface area (Å²) in [6.45, 7) is 1.52. The second-order valence-corrected chi connectivity index (χ2v) is 8.51. The number of halogens is 2. The first-order valence-corrected chi connectivity index (χ1v) is 11.4. The predicted molar refractivity (Wildman–Crippen MR) is 135 cm³/mol. The highest BCUT2D eigenvalue weighted by Crippen LogP contribution is 2.24. The van der Waals surface area contributed by atoms with E-state index in [0.29, 0.717) is 5.56 Å². The van der Waals surface area contributed by atoms with E-state index >= 15 is 0 Å². The number of carbonyl (C=O) groups excluding carboxylic acids is 3. The summed E-state index contributed by atoms with van der Waals surface area (Å²) in [4.78, 5) is 61.4. The second-order valence-electron chi connectivity index (χ2n) is 7.70. The molecule has 0 unspecified atom stereocenters. The van der Waals surface area contributed by atoms with Gasteiger partial charge in [-0.05, 0) is 36.8 Å². The molecule has 1 amide bonds. The quantitative estimate of drug-likeness (QED) is 0.215. The molecule has 11 nitrogen and oxygen atoms in total. The Bertz CT molecular complexity index is 1430. The van der Waals surface area contributed by atoms with Crippen molar-refractivity contribution in [2.45, 2.75) is 19.1 Å². The summed E-state index contributed by atoms with van der Waals surface area (Å²) in [5, 5.41) is 23.2. The minimum absolute atomic E-state index is 0.0499. The van der Waals surface area contributed by atoms with Crippen molar-refractivity contribution in [3.8, 4) is 0 Å². The Balaban J connectivity index is 1.99. The maximum absolute atomic E-state index is 13.3. The summed E-state index contributed by atoms with van der Waals surface area (Å²) in [6, 6.07) is 14.8. The largest absolute Gasteiger partial charge is 0.478 e. The number of nitrogens with zero attached hydrogens (tertiary/aromatic N) is 1. The Morgan fingerprint density at radius 3 is 1.84 bits per heavy atom. The van der Waals surface area contributed by atoms with Gasteiger partial charge in [-0.1, -0.05) is 53.5 Å². The minimum atomic E-state index is -2.34. The summed E-state index contributed by atoms with van der Waals surface area (Å²) in [5.41, 5.74) is -0.452. The number of nitro benzene ring substituents is 1. The molecule has 13 heteroatoms. The number of anilines is 1. The lowest BCUT2D eigenvalue weighted by atomic mass is 10.1. The van der Waals surface area contributed by atoms with Gasteiger partial charge in [-0.2, -0.15) is 0 Å². The molecule has 3 aromatic carbocycles. The summed E-state index contributed by atoms with van der Waals surface area (Å²) < 4.78 is 10.3. The number of carboxylic acid groups (broad SMARTS) is 1. The van der Waals surface area contributed by atoms with Gasteiger partial charge in [0.2, 0.25) is 12.2 Å². The van der Waals surface area contributed by atoms with Crippen LogP contribution in [0.4, 0.5) is 11.4 Å². The first-order chi connectivity index (χ1) is 18.0. The SMILES string of the molecule is Cc1ccc([N+](=O)[O-])cc1NC(=O)[C@H](OC(=O)c1ccccc1Cl)[C@@H](OC(=O)c1ccccc1Cl)C(=O)O. The zero-order valence-electron chi connectivity index (χ0n) is 19.4. The Morgan fingerprint density at radius 1 is 0.868 bits per heavy atom. The van der Waals surface area contributed by atoms with Crippen molar-refractivity contribution >= 4 is 58.4 Å². The summed E-state index contributed by atoms with van der Waals surface area (Å²) in [6.07, 6.45) is -4.59. The van der Waals surface area contributed by atoms with E-state index in [1.54, 1.807) is 0 Å². The third-order valence-corrected chi connectivity index (χ3v) is 5.78. The molecule has 2 N–H and O–H groups in total. The van der Waals surface area contributed by atoms with E-state index in [9.17, 15) is 34.4 Å². The fraction of sp³-hybridized carbons (Fsp3) is 0.120. The van der Waals surface area contributed by atoms with Crippen molar-refractivity contribution in [1.82, 2.24) is 0 Å². The molecule has 3 rings (SSSR count). The molecular weight excluding hydrogens is 543 g/mol. The van der Waals surface area contributed by atoms with Gasteiger partial charge in [0.1, 0.15) is 0 Å². The number of hydrogen-bond donors (Lipinski definition) is 2. The summed E-state index contributed by atoms with van der Waals surface area (Å²) in [7, 11) is 0. The molecule has 38 heavy (non-hydrogen) atoms. The zero-order valence-corrected chi connectivity index (χ0v) is 20.9. The van der Waals surface area contributed by atoms with Crippen LogP contribution in [0.15, 0.2) is 66.7 Å². The maximum Gasteiger partial charge on any atom is 0.349 e. The molecule has 0 bridgehead atoms. The van der Waals surface area contributed by atoms with Crippen molar-refractivity contribution in [2.24, 2.45) is 0 Å². The molecular formula is C25H18Cl2N2O9. The monoisotopic (exact) mass is 560 g/mol. The van der Waals surface area contributed by atoms with Gasteiger partial charge in [0.05, 0.1) is 31.8 Å². The first-order valence-electron chi connectivity index (χ1n) is 10.7. The summed E-state index contributed by atoms with van der Waals surface area (Å²) >= 11 is 12.0. The molecule has 0 aliphatic carbocycles. The highest BCUT2D eigenvalue weighted by atomic mass is 35.5. The standard InChI is InChI=1S/C25H18Cl2N2O9/c1-13-10-11-14(29(35)36)12-19(13)28-22(30)20(37-24(33)15-6-2-4-8-17(15)26)21(23(31)32)38-25(34)16-7-3-5-9-18(16)27/h2-12,20-21H,1H3,(H,28,30)(H,31,32)/t20-,21-/m1/s1. The van der Waals surface area contributed by atoms with Gasteiger partial charge in [-0.25, -0.2) is 14.4 Å². The van der Waals surface area contributed by atoms with Crippen LogP contribution in [-0.2, 0) is 19.1 Å². The highest BCUT2D eigenvalue weighted by molar-refractivity contribution is 6.34. The number of rotatable bonds is 9. The zero-order chi connectivity index (χ0) is 28.0. The highest BCUT2D eigenvalue weighted by Gasteiger charge is 2.41. The fourth-order valence-corrected chi connectivity index (χ4v) is 3.59. The lowest BCUT2D eigenvalue weighted by Gasteiger charge is -2.24. The Labute approximate surface area is 225 Å². The number of benzene rings is 3. The van der Waals surface area contributed by atoms with Gasteiger partial charge in [0, 0.05) is 12.1 Å². The van der Waals surface area contributed by atoms with Crippen LogP contribution in [0.1, 0.15) is 26.3 Å². The van der Waals surface area contributed by atoms with Gasteiger partial charge in [0.15, 0.2) is 0 Å². The Hall–Kier alpha value is -4.48. The average molecular weight is 561 g/mol. The van der Waals surface area contributed by atoms with Gasteiger partial charge in [-0.15, -0.1) is 0 Å². The number of aryl methyl sites for hydroxylation is 1. The van der Waals surface area contributed by atoms with Crippen LogP contribution in [0.2, 0.25) is 10.0 Å². The van der Waals surface area contributed by atoms with Crippen molar-refractivity contribution in [1.29, 1.82) is 0 Å². The van der Waals surface area contributed by atoms with Gasteiger partial charge in [-0.3, -0.25) is 14.9 Å². The van der Waals surface area contributed by atoms with E-state index in [4.69, 9.17) is 32.7 Å². The van der Waals surface area contributed by atoms with Crippen molar-refractivity contribution < 1.29 is 38.7 Å². The molecule has 0 saturated heterocycles. The second kappa shape index (κ2) is 12.2. The number of hydrogen-bond acceptors (Lipinski definition) is 8. The van der Waals surface area contributed by atoms with Gasteiger partial charge in [0.25, 0.3) is 11.6 Å². The number of nitro groups is 1. The molecule has 2 atom stereocenters. The van der Waals surface area contributed by atoms with Crippen LogP contribution in [0.5, 0.6) is 0 Å². The Morgan fingerprint density at radius 2 is 1.37 bits per heavy atom. The third kappa shape index (κ3) is 6.64. The number of nitrogens with one attached hydrogen (secondary N) is 1. The molecule has 0 aliphatic heterocycles. The fourth-order valence-electron chi connectivity index (χ4n) is 3.17. The van der Waals surface area contributed by atoms with Crippen LogP contribution in [0.25, 0.3) is 0 Å². The third-order valence-electron chi connectivity index (χ3n) is 5.12. The van der Waals surface area contributed by atoms with E-state index in [1.807, 2.05) is 0 Å². The molecule has 3 aromatic rings. The van der Waals surface area contributed by atoms with Gasteiger partial charge < -0.3 is 19.9 Å². The normalized spacial score (nSPS) is 12.1. The molecule has 196 valence electrons. The number of esters is 2. The maximum atomic E-state index is 13.3. The molecule has 0 radical (unpaired) electrons. The van der Waals surface area contributed by atoms with Crippen molar-refractivity contribution in [3.63, 3.8) is 0 Å². The average Bonchev–Trinajstić information content (AvgIpc) is 2.87. The first kappa shape index (κ1) is 28.1. The number of amides is 1. The molecule has 0 saturated carbocycles. The van der Waals surface area contributed by atoms with Crippen LogP contribution >= 0.6 is 23.2 Å². The lowest BCUT2D eigenvalue weighted by Crippen LogP contribution is -2.48. The van der Waals surface area contributed by atoms with Gasteiger partial charge >= 0.3 is 17.9 Å². The lowest BCUT2D eigenvalue weighted by molar-refractivity contribution is -0.384. The number of ether oxygens (including phenoxy) is 2. The van der Waals surface area contributed by atoms with Crippen molar-refractivity contribution in [3.05, 3.63) is 104 Å². The van der Waals surface area contributed by atoms with E-state index in [2.05, 4.69) is 5.32 Å². The molecule has 0 aromatic heterocycles. The molecule has 0 fully saturated rings. The summed E-state index contributed by atoms with van der Waals surface area (Å²) in [5.74, 6) is -5.46. The molecule has 0 spiro atoms. The van der Waals surface area contributed by atoms with E-state index in [-0.39, 0.29) is 32.5 Å². The number of carbonyl (C=O) groups is 4. The van der Waals surface area contributed by atoms with Crippen molar-refractivity contribution in [2.75, 3.05) is 5.32 Å². The van der Waals surface area contributed by atoms with E-state index < -0.39 is 40.9 Å². The number of non-ortho nitro benzene ring substituents is 1. The number of carboxylic acids is 1. The van der Waals surface area contributed by atoms with E-state index in [0.717, 1.165) is 6.07 Å². The topological polar surface area (TPSA) is 162 Å². The molecule has 0 heterocycles. The smallest absolute Gasteiger partial charge is 0.349 e. The predicted octanol–water partition coefficient (Wildman–Crippen LogP) is 4.68.